The van der Waals surface area contributed by atoms with Crippen LogP contribution in [0, 0.1) is 5.92 Å². The van der Waals surface area contributed by atoms with Crippen molar-refractivity contribution in [3.63, 3.8) is 0 Å². The van der Waals surface area contributed by atoms with Gasteiger partial charge in [-0.05, 0) is 24.5 Å². The van der Waals surface area contributed by atoms with E-state index in [0.29, 0.717) is 17.4 Å². The minimum Gasteiger partial charge on any atom is -0.493 e. The largest absolute Gasteiger partial charge is 0.493 e. The maximum absolute atomic E-state index is 5.28. The average molecular weight is 407 g/mol. The first-order valence-corrected chi connectivity index (χ1v) is 6.80. The summed E-state index contributed by atoms with van der Waals surface area (Å²) in [5.74, 6) is 2.82. The van der Waals surface area contributed by atoms with E-state index in [1.165, 1.54) is 0 Å². The predicted molar refractivity (Wildman–Crippen MR) is 99.4 cm³/mol. The minimum absolute atomic E-state index is 0. The van der Waals surface area contributed by atoms with Crippen molar-refractivity contribution in [3.8, 4) is 11.5 Å². The maximum Gasteiger partial charge on any atom is 0.195 e. The average Bonchev–Trinajstić information content (AvgIpc) is 2.45. The van der Waals surface area contributed by atoms with E-state index in [0.717, 1.165) is 24.6 Å². The summed E-state index contributed by atoms with van der Waals surface area (Å²) in [5, 5.41) is 6.51. The number of guanidine groups is 1. The molecule has 0 heterocycles. The van der Waals surface area contributed by atoms with Crippen molar-refractivity contribution >= 4 is 35.6 Å². The van der Waals surface area contributed by atoms with Crippen molar-refractivity contribution in [2.75, 3.05) is 33.1 Å². The number of methoxy groups -OCH3 is 2. The quantitative estimate of drug-likeness (QED) is 0.432. The van der Waals surface area contributed by atoms with Crippen molar-refractivity contribution in [1.29, 1.82) is 0 Å². The molecule has 0 spiro atoms. The van der Waals surface area contributed by atoms with Crippen molar-refractivity contribution in [2.45, 2.75) is 20.3 Å². The first-order valence-electron chi connectivity index (χ1n) is 6.80. The van der Waals surface area contributed by atoms with Crippen LogP contribution in [0.3, 0.4) is 0 Å². The fourth-order valence-corrected chi connectivity index (χ4v) is 1.71. The molecule has 0 aliphatic carbocycles. The Bertz CT molecular complexity index is 451. The molecule has 0 saturated heterocycles. The highest BCUT2D eigenvalue weighted by atomic mass is 127. The number of anilines is 1. The first kappa shape index (κ1) is 19.8. The van der Waals surface area contributed by atoms with Gasteiger partial charge >= 0.3 is 0 Å². The standard InChI is InChI=1S/C15H25N3O2.HI/c1-11(2)8-9-17-15(16-3)18-12-6-7-13(19-4)14(10-12)20-5;/h6-7,10-11H,8-9H2,1-5H3,(H2,16,17,18);1H. The summed E-state index contributed by atoms with van der Waals surface area (Å²) in [6, 6.07) is 5.67. The van der Waals surface area contributed by atoms with Crippen LogP contribution in [0.25, 0.3) is 0 Å². The lowest BCUT2D eigenvalue weighted by Gasteiger charge is -2.14. The Morgan fingerprint density at radius 3 is 2.38 bits per heavy atom. The van der Waals surface area contributed by atoms with Crippen LogP contribution in [-0.2, 0) is 0 Å². The fourth-order valence-electron chi connectivity index (χ4n) is 1.71. The van der Waals surface area contributed by atoms with Crippen LogP contribution in [0.1, 0.15) is 20.3 Å². The topological polar surface area (TPSA) is 54.9 Å². The highest BCUT2D eigenvalue weighted by Gasteiger charge is 2.06. The summed E-state index contributed by atoms with van der Waals surface area (Å²) in [5.41, 5.74) is 0.903. The molecule has 6 heteroatoms. The van der Waals surface area contributed by atoms with E-state index in [1.54, 1.807) is 21.3 Å². The van der Waals surface area contributed by atoms with Crippen molar-refractivity contribution in [3.05, 3.63) is 18.2 Å². The van der Waals surface area contributed by atoms with Crippen LogP contribution < -0.4 is 20.1 Å². The molecule has 0 atom stereocenters. The van der Waals surface area contributed by atoms with Crippen LogP contribution in [0.15, 0.2) is 23.2 Å². The molecule has 0 radical (unpaired) electrons. The fraction of sp³-hybridized carbons (Fsp3) is 0.533. The molecule has 1 rings (SSSR count). The van der Waals surface area contributed by atoms with E-state index in [9.17, 15) is 0 Å². The lowest BCUT2D eigenvalue weighted by atomic mass is 10.1. The van der Waals surface area contributed by atoms with Crippen LogP contribution in [-0.4, -0.2) is 33.8 Å². The Balaban J connectivity index is 0.00000400. The van der Waals surface area contributed by atoms with E-state index in [4.69, 9.17) is 9.47 Å². The molecule has 1 aromatic rings. The number of benzene rings is 1. The number of ether oxygens (including phenoxy) is 2. The molecular weight excluding hydrogens is 381 g/mol. The molecule has 0 fully saturated rings. The third-order valence-electron chi connectivity index (χ3n) is 2.88. The molecule has 0 aromatic heterocycles. The summed E-state index contributed by atoms with van der Waals surface area (Å²) >= 11 is 0. The first-order chi connectivity index (χ1) is 9.60. The van der Waals surface area contributed by atoms with Gasteiger partial charge in [-0.2, -0.15) is 0 Å². The van der Waals surface area contributed by atoms with Gasteiger partial charge in [0.25, 0.3) is 0 Å². The number of nitrogens with one attached hydrogen (secondary N) is 2. The zero-order valence-corrected chi connectivity index (χ0v) is 15.7. The zero-order chi connectivity index (χ0) is 15.0. The highest BCUT2D eigenvalue weighted by Crippen LogP contribution is 2.29. The van der Waals surface area contributed by atoms with Gasteiger partial charge in [-0.1, -0.05) is 13.8 Å². The molecule has 0 unspecified atom stereocenters. The molecule has 0 saturated carbocycles. The Morgan fingerprint density at radius 1 is 1.19 bits per heavy atom. The maximum atomic E-state index is 5.28. The summed E-state index contributed by atoms with van der Waals surface area (Å²) in [7, 11) is 5.00. The van der Waals surface area contributed by atoms with Gasteiger partial charge in [0, 0.05) is 25.3 Å². The summed E-state index contributed by atoms with van der Waals surface area (Å²) in [6.45, 7) is 5.29. The number of hydrogen-bond donors (Lipinski definition) is 2. The molecule has 120 valence electrons. The Hall–Kier alpha value is -1.18. The number of rotatable bonds is 6. The van der Waals surface area contributed by atoms with Gasteiger partial charge in [0.05, 0.1) is 14.2 Å². The number of nitrogens with zero attached hydrogens (tertiary/aromatic N) is 1. The van der Waals surface area contributed by atoms with Crippen LogP contribution in [0.5, 0.6) is 11.5 Å². The molecule has 0 amide bonds. The van der Waals surface area contributed by atoms with Crippen molar-refractivity contribution in [2.24, 2.45) is 10.9 Å². The third kappa shape index (κ3) is 6.88. The van der Waals surface area contributed by atoms with Crippen molar-refractivity contribution in [1.82, 2.24) is 5.32 Å². The lowest BCUT2D eigenvalue weighted by Crippen LogP contribution is -2.31. The van der Waals surface area contributed by atoms with Crippen LogP contribution >= 0.6 is 24.0 Å². The Kier molecular flexibility index (Phi) is 9.94. The van der Waals surface area contributed by atoms with Gasteiger partial charge in [-0.15, -0.1) is 24.0 Å². The van der Waals surface area contributed by atoms with Gasteiger partial charge in [0.15, 0.2) is 17.5 Å². The van der Waals surface area contributed by atoms with Gasteiger partial charge in [-0.3, -0.25) is 4.99 Å². The van der Waals surface area contributed by atoms with Crippen LogP contribution in [0.2, 0.25) is 0 Å². The second-order valence-electron chi connectivity index (χ2n) is 4.88. The number of halogens is 1. The summed E-state index contributed by atoms with van der Waals surface area (Å²) in [6.07, 6.45) is 1.10. The smallest absolute Gasteiger partial charge is 0.195 e. The molecule has 2 N–H and O–H groups in total. The Morgan fingerprint density at radius 2 is 1.86 bits per heavy atom. The molecule has 0 aliphatic heterocycles. The molecule has 1 aromatic carbocycles. The second kappa shape index (κ2) is 10.5. The molecular formula is C15H26IN3O2. The van der Waals surface area contributed by atoms with E-state index < -0.39 is 0 Å². The van der Waals surface area contributed by atoms with E-state index >= 15 is 0 Å². The number of hydrogen-bond acceptors (Lipinski definition) is 3. The Labute approximate surface area is 144 Å². The van der Waals surface area contributed by atoms with Gasteiger partial charge < -0.3 is 20.1 Å². The second-order valence-corrected chi connectivity index (χ2v) is 4.88. The summed E-state index contributed by atoms with van der Waals surface area (Å²) < 4.78 is 10.5. The molecule has 5 nitrogen and oxygen atoms in total. The highest BCUT2D eigenvalue weighted by molar-refractivity contribution is 14.0. The predicted octanol–water partition coefficient (Wildman–Crippen LogP) is 3.36. The van der Waals surface area contributed by atoms with Crippen LogP contribution in [0.4, 0.5) is 5.69 Å². The molecule has 0 bridgehead atoms. The minimum atomic E-state index is 0. The third-order valence-corrected chi connectivity index (χ3v) is 2.88. The number of aliphatic imine (C=N–C) groups is 1. The van der Waals surface area contributed by atoms with E-state index in [1.807, 2.05) is 18.2 Å². The van der Waals surface area contributed by atoms with Gasteiger partial charge in [0.2, 0.25) is 0 Å². The van der Waals surface area contributed by atoms with E-state index in [2.05, 4.69) is 29.5 Å². The zero-order valence-electron chi connectivity index (χ0n) is 13.4. The SMILES string of the molecule is CN=C(NCCC(C)C)Nc1ccc(OC)c(OC)c1.I. The summed E-state index contributed by atoms with van der Waals surface area (Å²) in [4.78, 5) is 4.20. The molecule has 21 heavy (non-hydrogen) atoms. The van der Waals surface area contributed by atoms with Gasteiger partial charge in [0.1, 0.15) is 0 Å². The van der Waals surface area contributed by atoms with Crippen molar-refractivity contribution < 1.29 is 9.47 Å². The van der Waals surface area contributed by atoms with Gasteiger partial charge in [-0.25, -0.2) is 0 Å². The lowest BCUT2D eigenvalue weighted by molar-refractivity contribution is 0.355. The normalized spacial score (nSPS) is 10.9. The van der Waals surface area contributed by atoms with E-state index in [-0.39, 0.29) is 24.0 Å². The molecule has 0 aliphatic rings. The monoisotopic (exact) mass is 407 g/mol.